The van der Waals surface area contributed by atoms with Gasteiger partial charge in [0.2, 0.25) is 0 Å². The zero-order valence-electron chi connectivity index (χ0n) is 16.1. The predicted molar refractivity (Wildman–Crippen MR) is 114 cm³/mol. The minimum absolute atomic E-state index is 0.456. The molecular weight excluding hydrogens is 374 g/mol. The van der Waals surface area contributed by atoms with E-state index in [1.54, 1.807) is 7.11 Å². The van der Waals surface area contributed by atoms with Gasteiger partial charge in [-0.15, -0.1) is 0 Å². The Labute approximate surface area is 171 Å². The van der Waals surface area contributed by atoms with Crippen molar-refractivity contribution >= 4 is 17.3 Å². The van der Waals surface area contributed by atoms with E-state index in [0.29, 0.717) is 36.3 Å². The fourth-order valence-corrected chi connectivity index (χ4v) is 2.85. The van der Waals surface area contributed by atoms with E-state index in [4.69, 9.17) is 25.8 Å². The lowest BCUT2D eigenvalue weighted by Gasteiger charge is -2.13. The van der Waals surface area contributed by atoms with Crippen LogP contribution in [0.5, 0.6) is 17.2 Å². The number of rotatable bonds is 9. The zero-order chi connectivity index (χ0) is 19.8. The van der Waals surface area contributed by atoms with Gasteiger partial charge in [-0.3, -0.25) is 0 Å². The lowest BCUT2D eigenvalue weighted by molar-refractivity contribution is 0.284. The third-order valence-corrected chi connectivity index (χ3v) is 4.45. The van der Waals surface area contributed by atoms with E-state index in [1.807, 2.05) is 73.7 Å². The highest BCUT2D eigenvalue weighted by atomic mass is 35.5. The molecule has 28 heavy (non-hydrogen) atoms. The summed E-state index contributed by atoms with van der Waals surface area (Å²) in [4.78, 5) is 0. The van der Waals surface area contributed by atoms with Gasteiger partial charge in [-0.1, -0.05) is 29.8 Å². The highest BCUT2D eigenvalue weighted by molar-refractivity contribution is 6.30. The summed E-state index contributed by atoms with van der Waals surface area (Å²) in [5, 5.41) is 4.11. The van der Waals surface area contributed by atoms with Gasteiger partial charge in [0.15, 0.2) is 11.5 Å². The molecule has 0 aliphatic heterocycles. The molecule has 0 spiro atoms. The summed E-state index contributed by atoms with van der Waals surface area (Å²) in [7, 11) is 1.65. The lowest BCUT2D eigenvalue weighted by atomic mass is 10.2. The van der Waals surface area contributed by atoms with Crippen LogP contribution in [0.2, 0.25) is 5.02 Å². The monoisotopic (exact) mass is 397 g/mol. The van der Waals surface area contributed by atoms with Crippen molar-refractivity contribution in [1.29, 1.82) is 0 Å². The van der Waals surface area contributed by atoms with E-state index < -0.39 is 0 Å². The van der Waals surface area contributed by atoms with Crippen molar-refractivity contribution in [2.24, 2.45) is 0 Å². The standard InChI is InChI=1S/C23H24ClNO3/c1-3-27-21-11-9-20(10-12-21)25-15-18-6-13-22(23(14-18)26-2)28-16-17-4-7-19(24)8-5-17/h4-14,25H,3,15-16H2,1-2H3. The van der Waals surface area contributed by atoms with E-state index in [9.17, 15) is 0 Å². The van der Waals surface area contributed by atoms with Crippen LogP contribution in [0.25, 0.3) is 0 Å². The van der Waals surface area contributed by atoms with Gasteiger partial charge in [0.05, 0.1) is 13.7 Å². The first-order valence-corrected chi connectivity index (χ1v) is 9.56. The molecule has 0 saturated heterocycles. The van der Waals surface area contributed by atoms with Crippen LogP contribution in [-0.4, -0.2) is 13.7 Å². The molecule has 0 atom stereocenters. The average molecular weight is 398 g/mol. The quantitative estimate of drug-likeness (QED) is 0.485. The SMILES string of the molecule is CCOc1ccc(NCc2ccc(OCc3ccc(Cl)cc3)c(OC)c2)cc1. The second kappa shape index (κ2) is 9.90. The molecule has 0 bridgehead atoms. The van der Waals surface area contributed by atoms with Gasteiger partial charge in [-0.05, 0) is 66.6 Å². The molecule has 0 aromatic heterocycles. The first-order chi connectivity index (χ1) is 13.7. The highest BCUT2D eigenvalue weighted by Gasteiger charge is 2.07. The molecule has 0 radical (unpaired) electrons. The van der Waals surface area contributed by atoms with Gasteiger partial charge in [0.1, 0.15) is 12.4 Å². The normalized spacial score (nSPS) is 10.4. The van der Waals surface area contributed by atoms with Crippen LogP contribution in [0.4, 0.5) is 5.69 Å². The maximum absolute atomic E-state index is 5.92. The Morgan fingerprint density at radius 2 is 1.54 bits per heavy atom. The predicted octanol–water partition coefficient (Wildman–Crippen LogP) is 5.94. The average Bonchev–Trinajstić information content (AvgIpc) is 2.73. The number of hydrogen-bond donors (Lipinski definition) is 1. The van der Waals surface area contributed by atoms with Gasteiger partial charge in [0, 0.05) is 17.3 Å². The Bertz CT molecular complexity index is 879. The van der Waals surface area contributed by atoms with E-state index in [1.165, 1.54) is 0 Å². The second-order valence-electron chi connectivity index (χ2n) is 6.21. The lowest BCUT2D eigenvalue weighted by Crippen LogP contribution is -2.02. The van der Waals surface area contributed by atoms with Crippen LogP contribution < -0.4 is 19.5 Å². The first kappa shape index (κ1) is 19.9. The largest absolute Gasteiger partial charge is 0.494 e. The Morgan fingerprint density at radius 1 is 0.821 bits per heavy atom. The highest BCUT2D eigenvalue weighted by Crippen LogP contribution is 2.29. The number of halogens is 1. The Kier molecular flexibility index (Phi) is 7.04. The molecule has 5 heteroatoms. The maximum Gasteiger partial charge on any atom is 0.161 e. The Morgan fingerprint density at radius 3 is 2.21 bits per heavy atom. The van der Waals surface area contributed by atoms with Crippen LogP contribution in [-0.2, 0) is 13.2 Å². The number of ether oxygens (including phenoxy) is 3. The minimum atomic E-state index is 0.456. The van der Waals surface area contributed by atoms with E-state index >= 15 is 0 Å². The summed E-state index contributed by atoms with van der Waals surface area (Å²) in [6, 6.07) is 21.5. The molecule has 1 N–H and O–H groups in total. The zero-order valence-corrected chi connectivity index (χ0v) is 16.8. The molecule has 4 nitrogen and oxygen atoms in total. The molecule has 0 heterocycles. The molecule has 146 valence electrons. The molecule has 0 fully saturated rings. The number of anilines is 1. The number of nitrogens with one attached hydrogen (secondary N) is 1. The molecule has 0 amide bonds. The van der Waals surface area contributed by atoms with E-state index in [-0.39, 0.29) is 0 Å². The van der Waals surface area contributed by atoms with Crippen molar-refractivity contribution in [2.45, 2.75) is 20.1 Å². The van der Waals surface area contributed by atoms with Crippen LogP contribution >= 0.6 is 11.6 Å². The smallest absolute Gasteiger partial charge is 0.161 e. The molecular formula is C23H24ClNO3. The summed E-state index contributed by atoms with van der Waals surface area (Å²) >= 11 is 5.92. The van der Waals surface area contributed by atoms with Gasteiger partial charge in [-0.2, -0.15) is 0 Å². The number of hydrogen-bond acceptors (Lipinski definition) is 4. The maximum atomic E-state index is 5.92. The number of methoxy groups -OCH3 is 1. The van der Waals surface area contributed by atoms with Gasteiger partial charge in [-0.25, -0.2) is 0 Å². The molecule has 0 aliphatic rings. The topological polar surface area (TPSA) is 39.7 Å². The molecule has 0 saturated carbocycles. The van der Waals surface area contributed by atoms with E-state index in [0.717, 1.165) is 22.6 Å². The third-order valence-electron chi connectivity index (χ3n) is 4.20. The Balaban J connectivity index is 1.59. The molecule has 0 aliphatic carbocycles. The third kappa shape index (κ3) is 5.57. The summed E-state index contributed by atoms with van der Waals surface area (Å²) in [6.45, 7) is 3.78. The number of benzene rings is 3. The summed E-state index contributed by atoms with van der Waals surface area (Å²) in [5.74, 6) is 2.29. The molecule has 3 aromatic rings. The Hall–Kier alpha value is -2.85. The van der Waals surface area contributed by atoms with Gasteiger partial charge in [0.25, 0.3) is 0 Å². The summed E-state index contributed by atoms with van der Waals surface area (Å²) < 4.78 is 16.9. The van der Waals surface area contributed by atoms with Gasteiger partial charge >= 0.3 is 0 Å². The molecule has 3 rings (SSSR count). The fraction of sp³-hybridized carbons (Fsp3) is 0.217. The van der Waals surface area contributed by atoms with E-state index in [2.05, 4.69) is 5.32 Å². The second-order valence-corrected chi connectivity index (χ2v) is 6.65. The van der Waals surface area contributed by atoms with Crippen molar-refractivity contribution in [2.75, 3.05) is 19.0 Å². The summed E-state index contributed by atoms with van der Waals surface area (Å²) in [5.41, 5.74) is 3.18. The van der Waals surface area contributed by atoms with Crippen molar-refractivity contribution in [3.63, 3.8) is 0 Å². The van der Waals surface area contributed by atoms with Crippen LogP contribution in [0.15, 0.2) is 66.7 Å². The van der Waals surface area contributed by atoms with Gasteiger partial charge < -0.3 is 19.5 Å². The van der Waals surface area contributed by atoms with Crippen LogP contribution in [0, 0.1) is 0 Å². The van der Waals surface area contributed by atoms with Crippen molar-refractivity contribution in [3.05, 3.63) is 82.9 Å². The summed E-state index contributed by atoms with van der Waals surface area (Å²) in [6.07, 6.45) is 0. The molecule has 0 unspecified atom stereocenters. The van der Waals surface area contributed by atoms with Crippen molar-refractivity contribution in [3.8, 4) is 17.2 Å². The van der Waals surface area contributed by atoms with Crippen molar-refractivity contribution < 1.29 is 14.2 Å². The minimum Gasteiger partial charge on any atom is -0.494 e. The van der Waals surface area contributed by atoms with Crippen molar-refractivity contribution in [1.82, 2.24) is 0 Å². The molecule has 3 aromatic carbocycles. The first-order valence-electron chi connectivity index (χ1n) is 9.19. The van der Waals surface area contributed by atoms with Crippen LogP contribution in [0.1, 0.15) is 18.1 Å². The fourth-order valence-electron chi connectivity index (χ4n) is 2.72. The van der Waals surface area contributed by atoms with Crippen LogP contribution in [0.3, 0.4) is 0 Å².